The fourth-order valence-electron chi connectivity index (χ4n) is 2.65. The smallest absolute Gasteiger partial charge is 0.392 e. The summed E-state index contributed by atoms with van der Waals surface area (Å²) in [6.45, 7) is 1.47. The van der Waals surface area contributed by atoms with Crippen molar-refractivity contribution in [3.8, 4) is 5.69 Å². The number of hydrogen-bond donors (Lipinski definition) is 2. The second-order valence-corrected chi connectivity index (χ2v) is 6.46. The summed E-state index contributed by atoms with van der Waals surface area (Å²) >= 11 is 6.08. The van der Waals surface area contributed by atoms with Gasteiger partial charge in [-0.3, -0.25) is 4.79 Å². The van der Waals surface area contributed by atoms with Crippen molar-refractivity contribution >= 4 is 23.2 Å². The lowest BCUT2D eigenvalue weighted by Gasteiger charge is -2.12. The predicted molar refractivity (Wildman–Crippen MR) is 98.6 cm³/mol. The van der Waals surface area contributed by atoms with Crippen molar-refractivity contribution in [3.05, 3.63) is 76.1 Å². The van der Waals surface area contributed by atoms with Crippen molar-refractivity contribution in [1.29, 1.82) is 0 Å². The van der Waals surface area contributed by atoms with Crippen molar-refractivity contribution in [2.45, 2.75) is 19.7 Å². The molecule has 0 saturated carbocycles. The Labute approximate surface area is 163 Å². The zero-order valence-electron chi connectivity index (χ0n) is 14.6. The van der Waals surface area contributed by atoms with Crippen LogP contribution in [0.4, 0.5) is 18.9 Å². The minimum absolute atomic E-state index is 0.135. The summed E-state index contributed by atoms with van der Waals surface area (Å²) in [5.41, 5.74) is 0.166. The molecule has 0 spiro atoms. The summed E-state index contributed by atoms with van der Waals surface area (Å²) in [6, 6.07) is 11.7. The molecule has 0 aliphatic rings. The molecule has 0 atom stereocenters. The van der Waals surface area contributed by atoms with Crippen LogP contribution < -0.4 is 5.32 Å². The Balaban J connectivity index is 2.07. The predicted octanol–water partition coefficient (Wildman–Crippen LogP) is 4.60. The number of aromatic nitrogens is 2. The molecular formula is C19H15ClF3N3O2. The molecule has 1 amide bonds. The van der Waals surface area contributed by atoms with Crippen LogP contribution >= 0.6 is 11.6 Å². The number of nitrogens with one attached hydrogen (secondary N) is 1. The maximum absolute atomic E-state index is 13.2. The molecule has 28 heavy (non-hydrogen) atoms. The summed E-state index contributed by atoms with van der Waals surface area (Å²) in [7, 11) is 0. The van der Waals surface area contributed by atoms with E-state index < -0.39 is 17.8 Å². The van der Waals surface area contributed by atoms with E-state index in [4.69, 9.17) is 11.6 Å². The molecule has 0 aliphatic heterocycles. The summed E-state index contributed by atoms with van der Waals surface area (Å²) < 4.78 is 40.4. The molecule has 3 rings (SSSR count). The van der Waals surface area contributed by atoms with Gasteiger partial charge < -0.3 is 10.4 Å². The highest BCUT2D eigenvalue weighted by molar-refractivity contribution is 6.32. The van der Waals surface area contributed by atoms with Gasteiger partial charge in [0.05, 0.1) is 17.3 Å². The van der Waals surface area contributed by atoms with Crippen LogP contribution in [0, 0.1) is 6.92 Å². The van der Waals surface area contributed by atoms with E-state index in [-0.39, 0.29) is 23.0 Å². The first kappa shape index (κ1) is 19.9. The zero-order valence-corrected chi connectivity index (χ0v) is 15.3. The molecule has 0 bridgehead atoms. The third-order valence-electron chi connectivity index (χ3n) is 3.99. The number of nitrogens with zero attached hydrogens (tertiary/aromatic N) is 2. The standard InChI is InChI=1S/C19H15ClF3N3O2/c1-11-6-7-14(12(8-11)10-27)24-18(28)16-9-17(19(21,22)23)25-26(16)15-5-3-2-4-13(15)20/h2-9,27H,10H2,1H3,(H,24,28). The third-order valence-corrected chi connectivity index (χ3v) is 4.31. The van der Waals surface area contributed by atoms with E-state index in [1.165, 1.54) is 12.1 Å². The van der Waals surface area contributed by atoms with Crippen molar-refractivity contribution < 1.29 is 23.1 Å². The summed E-state index contributed by atoms with van der Waals surface area (Å²) in [4.78, 5) is 12.7. The van der Waals surface area contributed by atoms with E-state index in [0.29, 0.717) is 17.3 Å². The van der Waals surface area contributed by atoms with Crippen molar-refractivity contribution in [2.75, 3.05) is 5.32 Å². The lowest BCUT2D eigenvalue weighted by Crippen LogP contribution is -2.18. The molecule has 0 saturated heterocycles. The molecule has 1 heterocycles. The number of rotatable bonds is 4. The van der Waals surface area contributed by atoms with Gasteiger partial charge in [-0.2, -0.15) is 18.3 Å². The van der Waals surface area contributed by atoms with Crippen molar-refractivity contribution in [1.82, 2.24) is 9.78 Å². The van der Waals surface area contributed by atoms with Gasteiger partial charge in [-0.15, -0.1) is 0 Å². The van der Waals surface area contributed by atoms with Crippen LogP contribution in [0.2, 0.25) is 5.02 Å². The highest BCUT2D eigenvalue weighted by Gasteiger charge is 2.36. The van der Waals surface area contributed by atoms with Crippen LogP contribution in [0.15, 0.2) is 48.5 Å². The molecular weight excluding hydrogens is 395 g/mol. The van der Waals surface area contributed by atoms with Crippen molar-refractivity contribution in [2.24, 2.45) is 0 Å². The first-order chi connectivity index (χ1) is 13.2. The normalized spacial score (nSPS) is 11.5. The number of carbonyl (C=O) groups excluding carboxylic acids is 1. The number of benzene rings is 2. The number of amides is 1. The molecule has 2 aromatic carbocycles. The van der Waals surface area contributed by atoms with E-state index in [1.54, 1.807) is 30.3 Å². The second kappa shape index (κ2) is 7.65. The zero-order chi connectivity index (χ0) is 20.5. The Morgan fingerprint density at radius 2 is 1.93 bits per heavy atom. The van der Waals surface area contributed by atoms with E-state index in [2.05, 4.69) is 10.4 Å². The SMILES string of the molecule is Cc1ccc(NC(=O)c2cc(C(F)(F)F)nn2-c2ccccc2Cl)c(CO)c1. The number of aliphatic hydroxyl groups is 1. The number of alkyl halides is 3. The first-order valence-electron chi connectivity index (χ1n) is 8.14. The molecule has 146 valence electrons. The van der Waals surface area contributed by atoms with Crippen LogP contribution in [0.1, 0.15) is 27.3 Å². The van der Waals surface area contributed by atoms with Gasteiger partial charge in [-0.1, -0.05) is 41.4 Å². The lowest BCUT2D eigenvalue weighted by molar-refractivity contribution is -0.141. The first-order valence-corrected chi connectivity index (χ1v) is 8.52. The lowest BCUT2D eigenvalue weighted by atomic mass is 10.1. The number of hydrogen-bond acceptors (Lipinski definition) is 3. The molecule has 0 aliphatic carbocycles. The number of carbonyl (C=O) groups is 1. The van der Waals surface area contributed by atoms with Crippen LogP contribution in [0.5, 0.6) is 0 Å². The maximum Gasteiger partial charge on any atom is 0.435 e. The molecule has 0 unspecified atom stereocenters. The van der Waals surface area contributed by atoms with Gasteiger partial charge in [0.25, 0.3) is 5.91 Å². The number of aryl methyl sites for hydroxylation is 1. The van der Waals surface area contributed by atoms with Crippen LogP contribution in [0.25, 0.3) is 5.69 Å². The topological polar surface area (TPSA) is 67.2 Å². The Hall–Kier alpha value is -2.84. The molecule has 5 nitrogen and oxygen atoms in total. The molecule has 3 aromatic rings. The van der Waals surface area contributed by atoms with Gasteiger partial charge in [0, 0.05) is 17.3 Å². The number of halogens is 4. The third kappa shape index (κ3) is 4.02. The van der Waals surface area contributed by atoms with Crippen LogP contribution in [0.3, 0.4) is 0 Å². The monoisotopic (exact) mass is 409 g/mol. The summed E-state index contributed by atoms with van der Waals surface area (Å²) in [6.07, 6.45) is -4.73. The Morgan fingerprint density at radius 3 is 2.57 bits per heavy atom. The quantitative estimate of drug-likeness (QED) is 0.662. The maximum atomic E-state index is 13.2. The highest BCUT2D eigenvalue weighted by atomic mass is 35.5. The number of aliphatic hydroxyl groups excluding tert-OH is 1. The van der Waals surface area contributed by atoms with E-state index in [9.17, 15) is 23.1 Å². The molecule has 0 fully saturated rings. The van der Waals surface area contributed by atoms with Gasteiger partial charge >= 0.3 is 6.18 Å². The number of anilines is 1. The van der Waals surface area contributed by atoms with Gasteiger partial charge in [-0.25, -0.2) is 4.68 Å². The van der Waals surface area contributed by atoms with E-state index >= 15 is 0 Å². The average Bonchev–Trinajstić information content (AvgIpc) is 3.09. The van der Waals surface area contributed by atoms with Gasteiger partial charge in [0.1, 0.15) is 5.69 Å². The fraction of sp³-hybridized carbons (Fsp3) is 0.158. The summed E-state index contributed by atoms with van der Waals surface area (Å²) in [5, 5.41) is 15.7. The average molecular weight is 410 g/mol. The van der Waals surface area contributed by atoms with E-state index in [0.717, 1.165) is 10.2 Å². The van der Waals surface area contributed by atoms with Crippen molar-refractivity contribution in [3.63, 3.8) is 0 Å². The van der Waals surface area contributed by atoms with Gasteiger partial charge in [-0.05, 0) is 25.1 Å². The minimum atomic E-state index is -4.73. The minimum Gasteiger partial charge on any atom is -0.392 e. The van der Waals surface area contributed by atoms with E-state index in [1.807, 2.05) is 6.92 Å². The molecule has 2 N–H and O–H groups in total. The largest absolute Gasteiger partial charge is 0.435 e. The van der Waals surface area contributed by atoms with Gasteiger partial charge in [0.15, 0.2) is 5.69 Å². The van der Waals surface area contributed by atoms with Gasteiger partial charge in [0.2, 0.25) is 0 Å². The summed E-state index contributed by atoms with van der Waals surface area (Å²) in [5.74, 6) is -0.818. The second-order valence-electron chi connectivity index (χ2n) is 6.05. The molecule has 9 heteroatoms. The van der Waals surface area contributed by atoms with Crippen LogP contribution in [-0.4, -0.2) is 20.8 Å². The number of para-hydroxylation sites is 1. The Kier molecular flexibility index (Phi) is 5.44. The van der Waals surface area contributed by atoms with Crippen LogP contribution in [-0.2, 0) is 12.8 Å². The molecule has 0 radical (unpaired) electrons. The molecule has 1 aromatic heterocycles. The Bertz CT molecular complexity index is 1030. The Morgan fingerprint density at radius 1 is 1.21 bits per heavy atom. The fourth-order valence-corrected chi connectivity index (χ4v) is 2.87. The highest BCUT2D eigenvalue weighted by Crippen LogP contribution is 2.31.